The van der Waals surface area contributed by atoms with Gasteiger partial charge in [0, 0.05) is 37.1 Å². The first-order valence-corrected chi connectivity index (χ1v) is 7.84. The molecule has 2 aromatic rings. The molecule has 22 heavy (non-hydrogen) atoms. The van der Waals surface area contributed by atoms with Crippen LogP contribution in [0.2, 0.25) is 0 Å². The molecule has 0 aliphatic carbocycles. The van der Waals surface area contributed by atoms with E-state index < -0.39 is 0 Å². The van der Waals surface area contributed by atoms with Crippen molar-refractivity contribution < 1.29 is 13.9 Å². The van der Waals surface area contributed by atoms with Gasteiger partial charge < -0.3 is 14.5 Å². The lowest BCUT2D eigenvalue weighted by Crippen LogP contribution is -2.48. The molecule has 0 N–H and O–H groups in total. The number of thiazole rings is 1. The van der Waals surface area contributed by atoms with E-state index in [1.165, 1.54) is 19.2 Å². The summed E-state index contributed by atoms with van der Waals surface area (Å²) in [5.74, 6) is -0.252. The highest BCUT2D eigenvalue weighted by Crippen LogP contribution is 2.28. The minimum Gasteiger partial charge on any atom is -0.453 e. The molecule has 1 aliphatic heterocycles. The van der Waals surface area contributed by atoms with Crippen LogP contribution >= 0.6 is 11.3 Å². The van der Waals surface area contributed by atoms with Crippen LogP contribution in [0.25, 0.3) is 11.3 Å². The van der Waals surface area contributed by atoms with E-state index in [1.54, 1.807) is 28.4 Å². The zero-order chi connectivity index (χ0) is 15.5. The predicted molar refractivity (Wildman–Crippen MR) is 83.7 cm³/mol. The molecule has 0 spiro atoms. The molecule has 2 heterocycles. The average molecular weight is 321 g/mol. The van der Waals surface area contributed by atoms with Crippen molar-refractivity contribution in [3.63, 3.8) is 0 Å². The number of aromatic nitrogens is 1. The lowest BCUT2D eigenvalue weighted by Gasteiger charge is -2.33. The molecule has 7 heteroatoms. The molecule has 0 saturated carbocycles. The number of carbonyl (C=O) groups is 1. The summed E-state index contributed by atoms with van der Waals surface area (Å²) in [6, 6.07) is 6.32. The van der Waals surface area contributed by atoms with Crippen molar-refractivity contribution in [2.24, 2.45) is 0 Å². The summed E-state index contributed by atoms with van der Waals surface area (Å²) in [6.07, 6.45) is -0.286. The fourth-order valence-electron chi connectivity index (χ4n) is 2.37. The van der Waals surface area contributed by atoms with Crippen LogP contribution in [0.3, 0.4) is 0 Å². The number of anilines is 1. The van der Waals surface area contributed by atoms with Crippen LogP contribution in [0.4, 0.5) is 14.3 Å². The first-order chi connectivity index (χ1) is 10.7. The fraction of sp³-hybridized carbons (Fsp3) is 0.333. The third kappa shape index (κ3) is 3.04. The Morgan fingerprint density at radius 2 is 1.91 bits per heavy atom. The monoisotopic (exact) mass is 321 g/mol. The summed E-state index contributed by atoms with van der Waals surface area (Å²) in [4.78, 5) is 19.9. The van der Waals surface area contributed by atoms with Gasteiger partial charge in [0.25, 0.3) is 0 Å². The van der Waals surface area contributed by atoms with Crippen molar-refractivity contribution in [2.45, 2.75) is 0 Å². The third-order valence-electron chi connectivity index (χ3n) is 3.62. The summed E-state index contributed by atoms with van der Waals surface area (Å²) in [5, 5.41) is 2.89. The molecular formula is C15H16FN3O2S. The molecule has 3 rings (SSSR count). The van der Waals surface area contributed by atoms with E-state index in [1.807, 2.05) is 5.38 Å². The molecule has 1 aromatic carbocycles. The van der Waals surface area contributed by atoms with Crippen LogP contribution in [-0.4, -0.2) is 49.3 Å². The second-order valence-corrected chi connectivity index (χ2v) is 5.80. The second-order valence-electron chi connectivity index (χ2n) is 4.97. The Kier molecular flexibility index (Phi) is 4.24. The number of amides is 1. The van der Waals surface area contributed by atoms with Crippen LogP contribution in [0.5, 0.6) is 0 Å². The van der Waals surface area contributed by atoms with Gasteiger partial charge in [-0.15, -0.1) is 11.3 Å². The zero-order valence-corrected chi connectivity index (χ0v) is 13.0. The Hall–Kier alpha value is -2.15. The third-order valence-corrected chi connectivity index (χ3v) is 4.52. The number of nitrogens with zero attached hydrogens (tertiary/aromatic N) is 3. The molecule has 1 fully saturated rings. The Morgan fingerprint density at radius 3 is 2.55 bits per heavy atom. The van der Waals surface area contributed by atoms with Crippen molar-refractivity contribution in [3.8, 4) is 11.3 Å². The smallest absolute Gasteiger partial charge is 0.409 e. The average Bonchev–Trinajstić information content (AvgIpc) is 3.05. The first kappa shape index (κ1) is 14.8. The predicted octanol–water partition coefficient (Wildman–Crippen LogP) is 2.84. The summed E-state index contributed by atoms with van der Waals surface area (Å²) in [7, 11) is 1.39. The van der Waals surface area contributed by atoms with Gasteiger partial charge in [0.2, 0.25) is 0 Å². The Bertz CT molecular complexity index is 651. The largest absolute Gasteiger partial charge is 0.453 e. The fourth-order valence-corrected chi connectivity index (χ4v) is 3.26. The molecule has 0 unspecified atom stereocenters. The number of rotatable bonds is 2. The van der Waals surface area contributed by atoms with Crippen LogP contribution < -0.4 is 4.90 Å². The molecule has 1 amide bonds. The lowest BCUT2D eigenvalue weighted by molar-refractivity contribution is 0.121. The Labute approximate surface area is 131 Å². The number of hydrogen-bond acceptors (Lipinski definition) is 5. The minimum atomic E-state index is -0.286. The van der Waals surface area contributed by atoms with Crippen LogP contribution in [0.15, 0.2) is 29.6 Å². The second kappa shape index (κ2) is 6.31. The van der Waals surface area contributed by atoms with Gasteiger partial charge in [-0.1, -0.05) is 0 Å². The molecule has 0 radical (unpaired) electrons. The number of piperazine rings is 1. The molecule has 5 nitrogen and oxygen atoms in total. The lowest BCUT2D eigenvalue weighted by atomic mass is 10.2. The van der Waals surface area contributed by atoms with Crippen molar-refractivity contribution in [1.82, 2.24) is 9.88 Å². The van der Waals surface area contributed by atoms with Gasteiger partial charge in [-0.2, -0.15) is 0 Å². The quantitative estimate of drug-likeness (QED) is 0.853. The maximum absolute atomic E-state index is 13.0. The van der Waals surface area contributed by atoms with Gasteiger partial charge >= 0.3 is 6.09 Å². The minimum absolute atomic E-state index is 0.252. The summed E-state index contributed by atoms with van der Waals surface area (Å²) < 4.78 is 17.7. The zero-order valence-electron chi connectivity index (χ0n) is 12.2. The molecule has 1 aliphatic rings. The van der Waals surface area contributed by atoms with E-state index in [0.29, 0.717) is 13.1 Å². The molecule has 116 valence electrons. The van der Waals surface area contributed by atoms with Gasteiger partial charge in [-0.3, -0.25) is 0 Å². The topological polar surface area (TPSA) is 45.7 Å². The molecule has 0 bridgehead atoms. The Balaban J connectivity index is 1.67. The molecule has 0 atom stereocenters. The van der Waals surface area contributed by atoms with E-state index in [2.05, 4.69) is 9.88 Å². The van der Waals surface area contributed by atoms with E-state index in [9.17, 15) is 9.18 Å². The number of carbonyl (C=O) groups excluding carboxylic acids is 1. The van der Waals surface area contributed by atoms with Gasteiger partial charge in [-0.05, 0) is 24.3 Å². The van der Waals surface area contributed by atoms with Gasteiger partial charge in [0.1, 0.15) is 5.82 Å². The highest BCUT2D eigenvalue weighted by Gasteiger charge is 2.23. The highest BCUT2D eigenvalue weighted by molar-refractivity contribution is 7.14. The van der Waals surface area contributed by atoms with E-state index in [0.717, 1.165) is 29.5 Å². The highest BCUT2D eigenvalue weighted by atomic mass is 32.1. The van der Waals surface area contributed by atoms with Gasteiger partial charge in [0.05, 0.1) is 12.8 Å². The van der Waals surface area contributed by atoms with Crippen LogP contribution in [0.1, 0.15) is 0 Å². The van der Waals surface area contributed by atoms with Crippen molar-refractivity contribution >= 4 is 22.6 Å². The molecule has 1 saturated heterocycles. The summed E-state index contributed by atoms with van der Waals surface area (Å²) in [6.45, 7) is 2.70. The Morgan fingerprint density at radius 1 is 1.23 bits per heavy atom. The summed E-state index contributed by atoms with van der Waals surface area (Å²) in [5.41, 5.74) is 1.74. The number of benzene rings is 1. The number of methoxy groups -OCH3 is 1. The van der Waals surface area contributed by atoms with Crippen LogP contribution in [-0.2, 0) is 4.74 Å². The molecular weight excluding hydrogens is 305 g/mol. The first-order valence-electron chi connectivity index (χ1n) is 6.96. The maximum Gasteiger partial charge on any atom is 0.409 e. The maximum atomic E-state index is 13.0. The number of hydrogen-bond donors (Lipinski definition) is 0. The van der Waals surface area contributed by atoms with Crippen LogP contribution in [0, 0.1) is 5.82 Å². The summed E-state index contributed by atoms with van der Waals surface area (Å²) >= 11 is 1.56. The van der Waals surface area contributed by atoms with Crippen molar-refractivity contribution in [2.75, 3.05) is 38.2 Å². The SMILES string of the molecule is COC(=O)N1CCN(c2nc(-c3ccc(F)cc3)cs2)CC1. The van der Waals surface area contributed by atoms with E-state index in [4.69, 9.17) is 4.74 Å². The van der Waals surface area contributed by atoms with E-state index >= 15 is 0 Å². The van der Waals surface area contributed by atoms with Crippen molar-refractivity contribution in [3.05, 3.63) is 35.5 Å². The van der Waals surface area contributed by atoms with Crippen molar-refractivity contribution in [1.29, 1.82) is 0 Å². The number of ether oxygens (including phenoxy) is 1. The molecule has 1 aromatic heterocycles. The standard InChI is InChI=1S/C15H16FN3O2S/c1-21-15(20)19-8-6-18(7-9-19)14-17-13(10-22-14)11-2-4-12(16)5-3-11/h2-5,10H,6-9H2,1H3. The van der Waals surface area contributed by atoms with E-state index in [-0.39, 0.29) is 11.9 Å². The normalized spacial score (nSPS) is 15.0. The van der Waals surface area contributed by atoms with Gasteiger partial charge in [0.15, 0.2) is 5.13 Å². The number of halogens is 1. The van der Waals surface area contributed by atoms with Gasteiger partial charge in [-0.25, -0.2) is 14.2 Å².